The molecule has 5 nitrogen and oxygen atoms in total. The Kier molecular flexibility index (Phi) is 8.01. The Labute approximate surface area is 366 Å². The molecule has 294 valence electrons. The molecule has 0 saturated carbocycles. The van der Waals surface area contributed by atoms with Crippen molar-refractivity contribution in [2.45, 2.75) is 0 Å². The standard InChI is InChI=1S/C57H35N5S/c1-4-16-36(17-5-1)37-28-30-39(31-29-37)55-58-56(48-25-11-10-22-41(48)38-18-6-2-7-19-38)60-57(59-55)62-50-27-15-13-24-43(50)45-33-35-47-46-34-32-44-42-23-12-14-26-49(42)61(40-20-8-3-9-21-40)51(44)53(46)63-54(47)52(45)62/h1-35H. The van der Waals surface area contributed by atoms with Crippen LogP contribution in [0.2, 0.25) is 0 Å². The van der Waals surface area contributed by atoms with Crippen LogP contribution in [0.25, 0.3) is 120 Å². The molecule has 0 saturated heterocycles. The summed E-state index contributed by atoms with van der Waals surface area (Å²) in [6.07, 6.45) is 0. The van der Waals surface area contributed by atoms with Crippen LogP contribution in [0.3, 0.4) is 0 Å². The fourth-order valence-electron chi connectivity index (χ4n) is 9.54. The molecule has 0 amide bonds. The molecule has 0 atom stereocenters. The zero-order chi connectivity index (χ0) is 41.4. The number of hydrogen-bond acceptors (Lipinski definition) is 4. The van der Waals surface area contributed by atoms with Crippen molar-refractivity contribution in [1.82, 2.24) is 24.1 Å². The maximum atomic E-state index is 5.46. The molecule has 9 aromatic carbocycles. The Balaban J connectivity index is 1.11. The Morgan fingerprint density at radius 1 is 0.302 bits per heavy atom. The quantitative estimate of drug-likeness (QED) is 0.168. The fourth-order valence-corrected chi connectivity index (χ4v) is 10.9. The zero-order valence-corrected chi connectivity index (χ0v) is 34.7. The highest BCUT2D eigenvalue weighted by Gasteiger charge is 2.24. The maximum absolute atomic E-state index is 5.46. The van der Waals surface area contributed by atoms with Gasteiger partial charge in [-0.05, 0) is 46.5 Å². The first-order chi connectivity index (χ1) is 31.3. The van der Waals surface area contributed by atoms with Gasteiger partial charge in [0.2, 0.25) is 5.95 Å². The summed E-state index contributed by atoms with van der Waals surface area (Å²) in [5.41, 5.74) is 12.0. The van der Waals surface area contributed by atoms with E-state index >= 15 is 0 Å². The van der Waals surface area contributed by atoms with Gasteiger partial charge < -0.3 is 4.57 Å². The SMILES string of the molecule is c1ccc(-c2ccc(-c3nc(-c4ccccc4-c4ccccc4)nc(-n4c5ccccc5c5ccc6c7ccc8c9ccccc9n(-c9ccccc9)c8c7sc6c54)n3)cc2)cc1. The number of thiophene rings is 1. The van der Waals surface area contributed by atoms with Crippen molar-refractivity contribution >= 4 is 75.1 Å². The molecule has 0 bridgehead atoms. The van der Waals surface area contributed by atoms with Crippen molar-refractivity contribution in [3.63, 3.8) is 0 Å². The van der Waals surface area contributed by atoms with E-state index < -0.39 is 0 Å². The Hall–Kier alpha value is -8.19. The van der Waals surface area contributed by atoms with Gasteiger partial charge in [0.25, 0.3) is 0 Å². The first kappa shape index (κ1) is 35.6. The number of aromatic nitrogens is 5. The minimum absolute atomic E-state index is 0.574. The van der Waals surface area contributed by atoms with E-state index in [1.54, 1.807) is 0 Å². The van der Waals surface area contributed by atoms with Gasteiger partial charge in [0.15, 0.2) is 11.6 Å². The molecule has 13 aromatic rings. The van der Waals surface area contributed by atoms with E-state index in [4.69, 9.17) is 15.0 Å². The minimum atomic E-state index is 0.574. The van der Waals surface area contributed by atoms with Crippen LogP contribution in [-0.2, 0) is 0 Å². The molecule has 4 aromatic heterocycles. The van der Waals surface area contributed by atoms with E-state index in [0.29, 0.717) is 17.6 Å². The molecule has 0 aliphatic carbocycles. The number of fused-ring (bicyclic) bond motifs is 11. The van der Waals surface area contributed by atoms with Gasteiger partial charge >= 0.3 is 0 Å². The van der Waals surface area contributed by atoms with Crippen LogP contribution in [0.15, 0.2) is 212 Å². The Bertz CT molecular complexity index is 3890. The maximum Gasteiger partial charge on any atom is 0.238 e. The highest BCUT2D eigenvalue weighted by Crippen LogP contribution is 2.47. The van der Waals surface area contributed by atoms with E-state index in [0.717, 1.165) is 60.9 Å². The molecular formula is C57H35N5S. The number of para-hydroxylation sites is 3. The van der Waals surface area contributed by atoms with E-state index in [1.165, 1.54) is 42.0 Å². The summed E-state index contributed by atoms with van der Waals surface area (Å²) in [7, 11) is 0. The summed E-state index contributed by atoms with van der Waals surface area (Å²) >= 11 is 1.86. The molecule has 0 fully saturated rings. The lowest BCUT2D eigenvalue weighted by Gasteiger charge is -2.13. The van der Waals surface area contributed by atoms with E-state index in [1.807, 2.05) is 23.5 Å². The van der Waals surface area contributed by atoms with E-state index in [2.05, 4.69) is 209 Å². The van der Waals surface area contributed by atoms with Crippen molar-refractivity contribution in [3.8, 4) is 56.7 Å². The summed E-state index contributed by atoms with van der Waals surface area (Å²) in [5, 5.41) is 7.23. The molecule has 0 aliphatic rings. The van der Waals surface area contributed by atoms with Crippen LogP contribution in [0, 0.1) is 0 Å². The summed E-state index contributed by atoms with van der Waals surface area (Å²) in [6, 6.07) is 75.3. The third kappa shape index (κ3) is 5.59. The monoisotopic (exact) mass is 821 g/mol. The van der Waals surface area contributed by atoms with Gasteiger partial charge in [0.05, 0.1) is 31.5 Å². The molecule has 6 heteroatoms. The third-order valence-corrected chi connectivity index (χ3v) is 13.7. The van der Waals surface area contributed by atoms with Gasteiger partial charge in [0, 0.05) is 49.1 Å². The Morgan fingerprint density at radius 3 is 1.41 bits per heavy atom. The first-order valence-corrected chi connectivity index (χ1v) is 22.0. The summed E-state index contributed by atoms with van der Waals surface area (Å²) < 4.78 is 7.16. The number of nitrogens with zero attached hydrogens (tertiary/aromatic N) is 5. The zero-order valence-electron chi connectivity index (χ0n) is 33.9. The molecule has 0 spiro atoms. The van der Waals surface area contributed by atoms with E-state index in [9.17, 15) is 0 Å². The predicted molar refractivity (Wildman–Crippen MR) is 263 cm³/mol. The molecule has 13 rings (SSSR count). The van der Waals surface area contributed by atoms with Crippen molar-refractivity contribution < 1.29 is 0 Å². The number of rotatable bonds is 6. The molecule has 4 heterocycles. The minimum Gasteiger partial charge on any atom is -0.308 e. The summed E-state index contributed by atoms with van der Waals surface area (Å²) in [5.74, 6) is 1.80. The van der Waals surface area contributed by atoms with Crippen molar-refractivity contribution in [2.24, 2.45) is 0 Å². The normalized spacial score (nSPS) is 11.8. The van der Waals surface area contributed by atoms with Crippen LogP contribution in [0.5, 0.6) is 0 Å². The average molecular weight is 822 g/mol. The average Bonchev–Trinajstić information content (AvgIpc) is 4.03. The molecular weight excluding hydrogens is 787 g/mol. The highest BCUT2D eigenvalue weighted by atomic mass is 32.1. The molecule has 0 radical (unpaired) electrons. The smallest absolute Gasteiger partial charge is 0.238 e. The Morgan fingerprint density at radius 2 is 0.762 bits per heavy atom. The van der Waals surface area contributed by atoms with Crippen molar-refractivity contribution in [1.29, 1.82) is 0 Å². The lowest BCUT2D eigenvalue weighted by Crippen LogP contribution is -2.07. The lowest BCUT2D eigenvalue weighted by atomic mass is 9.99. The topological polar surface area (TPSA) is 48.5 Å². The van der Waals surface area contributed by atoms with Crippen molar-refractivity contribution in [3.05, 3.63) is 212 Å². The van der Waals surface area contributed by atoms with Crippen LogP contribution < -0.4 is 0 Å². The fraction of sp³-hybridized carbons (Fsp3) is 0. The molecule has 63 heavy (non-hydrogen) atoms. The van der Waals surface area contributed by atoms with Gasteiger partial charge in [-0.15, -0.1) is 11.3 Å². The van der Waals surface area contributed by atoms with Crippen molar-refractivity contribution in [2.75, 3.05) is 0 Å². The van der Waals surface area contributed by atoms with Gasteiger partial charge in [0.1, 0.15) is 0 Å². The van der Waals surface area contributed by atoms with Gasteiger partial charge in [-0.25, -0.2) is 4.98 Å². The van der Waals surface area contributed by atoms with Crippen LogP contribution in [0.4, 0.5) is 0 Å². The first-order valence-electron chi connectivity index (χ1n) is 21.2. The molecule has 0 aliphatic heterocycles. The highest BCUT2D eigenvalue weighted by molar-refractivity contribution is 7.27. The van der Waals surface area contributed by atoms with Crippen LogP contribution in [0.1, 0.15) is 0 Å². The van der Waals surface area contributed by atoms with E-state index in [-0.39, 0.29) is 0 Å². The molecule has 0 N–H and O–H groups in total. The molecule has 0 unspecified atom stereocenters. The van der Waals surface area contributed by atoms with Gasteiger partial charge in [-0.3, -0.25) is 4.57 Å². The van der Waals surface area contributed by atoms with Crippen LogP contribution >= 0.6 is 11.3 Å². The largest absolute Gasteiger partial charge is 0.308 e. The second-order valence-electron chi connectivity index (χ2n) is 16.0. The summed E-state index contributed by atoms with van der Waals surface area (Å²) in [4.78, 5) is 16.2. The van der Waals surface area contributed by atoms with Crippen LogP contribution in [-0.4, -0.2) is 24.1 Å². The number of benzene rings is 9. The lowest BCUT2D eigenvalue weighted by molar-refractivity contribution is 0.955. The summed E-state index contributed by atoms with van der Waals surface area (Å²) in [6.45, 7) is 0. The second-order valence-corrected chi connectivity index (χ2v) is 17.0. The van der Waals surface area contributed by atoms with Gasteiger partial charge in [-0.2, -0.15) is 9.97 Å². The van der Waals surface area contributed by atoms with Gasteiger partial charge in [-0.1, -0.05) is 188 Å². The predicted octanol–water partition coefficient (Wildman–Crippen LogP) is 15.1. The third-order valence-electron chi connectivity index (χ3n) is 12.4. The second kappa shape index (κ2) is 14.2. The number of hydrogen-bond donors (Lipinski definition) is 0.